The third-order valence-corrected chi connectivity index (χ3v) is 6.77. The molecule has 7 heteroatoms. The monoisotopic (exact) mass is 483 g/mol. The van der Waals surface area contributed by atoms with Crippen LogP contribution >= 0.6 is 11.3 Å². The maximum atomic E-state index is 13.0. The topological polar surface area (TPSA) is 71.5 Å². The first-order valence-corrected chi connectivity index (χ1v) is 12.3. The minimum atomic E-state index is -0.260. The number of hydrogen-bond acceptors (Lipinski definition) is 5. The maximum Gasteiger partial charge on any atom is 0.265 e. The Morgan fingerprint density at radius 1 is 1.06 bits per heavy atom. The van der Waals surface area contributed by atoms with Gasteiger partial charge in [0.25, 0.3) is 5.91 Å². The minimum Gasteiger partial charge on any atom is -0.482 e. The number of amides is 2. The second-order valence-corrected chi connectivity index (χ2v) is 9.50. The summed E-state index contributed by atoms with van der Waals surface area (Å²) in [5.41, 5.74) is 5.11. The van der Waals surface area contributed by atoms with Crippen LogP contribution in [0.4, 0.5) is 11.4 Å². The van der Waals surface area contributed by atoms with Gasteiger partial charge < -0.3 is 10.1 Å². The molecule has 0 saturated heterocycles. The number of nitrogens with one attached hydrogen (secondary N) is 1. The predicted octanol–water partition coefficient (Wildman–Crippen LogP) is 5.96. The number of thiazole rings is 1. The van der Waals surface area contributed by atoms with Crippen molar-refractivity contribution < 1.29 is 14.3 Å². The molecule has 5 rings (SSSR count). The van der Waals surface area contributed by atoms with Gasteiger partial charge in [0.15, 0.2) is 6.61 Å². The molecule has 0 unspecified atom stereocenters. The van der Waals surface area contributed by atoms with Gasteiger partial charge in [-0.05, 0) is 35.7 Å². The summed E-state index contributed by atoms with van der Waals surface area (Å²) in [6, 6.07) is 23.4. The van der Waals surface area contributed by atoms with Crippen LogP contribution in [0.25, 0.3) is 21.8 Å². The Labute approximate surface area is 208 Å². The lowest BCUT2D eigenvalue weighted by molar-refractivity contribution is -0.123. The van der Waals surface area contributed by atoms with Gasteiger partial charge in [-0.15, -0.1) is 11.3 Å². The van der Waals surface area contributed by atoms with Gasteiger partial charge in [0, 0.05) is 22.2 Å². The number of aromatic nitrogens is 1. The second kappa shape index (κ2) is 9.72. The van der Waals surface area contributed by atoms with E-state index in [0.717, 1.165) is 33.1 Å². The van der Waals surface area contributed by atoms with Gasteiger partial charge in [0.1, 0.15) is 17.3 Å². The van der Waals surface area contributed by atoms with Crippen LogP contribution in [0.3, 0.4) is 0 Å². The van der Waals surface area contributed by atoms with Gasteiger partial charge in [-0.2, -0.15) is 0 Å². The van der Waals surface area contributed by atoms with Crippen molar-refractivity contribution in [3.05, 3.63) is 83.7 Å². The van der Waals surface area contributed by atoms with E-state index in [1.54, 1.807) is 11.3 Å². The largest absolute Gasteiger partial charge is 0.482 e. The maximum absolute atomic E-state index is 13.0. The van der Waals surface area contributed by atoms with E-state index < -0.39 is 0 Å². The van der Waals surface area contributed by atoms with E-state index in [1.165, 1.54) is 4.90 Å². The summed E-state index contributed by atoms with van der Waals surface area (Å²) in [7, 11) is 0. The third kappa shape index (κ3) is 4.81. The molecule has 2 heterocycles. The molecule has 1 aliphatic rings. The highest BCUT2D eigenvalue weighted by atomic mass is 32.1. The number of para-hydroxylation sites is 1. The standard InChI is InChI=1S/C28H25N3O3S/c1-18(2)21-10-6-7-11-22(21)29-26(32)15-31-24-14-20(12-13-25(24)34-16-27(31)33)23-17-35-28(30-23)19-8-4-3-5-9-19/h3-14,17-18H,15-16H2,1-2H3,(H,29,32). The molecule has 4 aromatic rings. The number of hydrogen-bond donors (Lipinski definition) is 1. The fourth-order valence-electron chi connectivity index (χ4n) is 4.10. The van der Waals surface area contributed by atoms with Crippen LogP contribution in [-0.2, 0) is 9.59 Å². The summed E-state index contributed by atoms with van der Waals surface area (Å²) in [5, 5.41) is 5.89. The molecule has 35 heavy (non-hydrogen) atoms. The molecule has 2 amide bonds. The van der Waals surface area contributed by atoms with Gasteiger partial charge in [-0.25, -0.2) is 4.98 Å². The Balaban J connectivity index is 1.40. The lowest BCUT2D eigenvalue weighted by Crippen LogP contribution is -2.43. The Hall–Kier alpha value is -3.97. The Morgan fingerprint density at radius 2 is 1.83 bits per heavy atom. The van der Waals surface area contributed by atoms with Crippen LogP contribution in [0.5, 0.6) is 5.75 Å². The molecule has 0 aliphatic carbocycles. The van der Waals surface area contributed by atoms with E-state index >= 15 is 0 Å². The fraction of sp³-hybridized carbons (Fsp3) is 0.179. The third-order valence-electron chi connectivity index (χ3n) is 5.88. The first kappa shape index (κ1) is 22.8. The average Bonchev–Trinajstić information content (AvgIpc) is 3.37. The van der Waals surface area contributed by atoms with Gasteiger partial charge in [0.05, 0.1) is 11.4 Å². The van der Waals surface area contributed by atoms with Crippen LogP contribution < -0.4 is 15.0 Å². The molecule has 0 saturated carbocycles. The van der Waals surface area contributed by atoms with Crippen molar-refractivity contribution in [1.82, 2.24) is 4.98 Å². The highest BCUT2D eigenvalue weighted by molar-refractivity contribution is 7.13. The van der Waals surface area contributed by atoms with Gasteiger partial charge in [-0.1, -0.05) is 62.4 Å². The van der Waals surface area contributed by atoms with E-state index in [0.29, 0.717) is 11.4 Å². The number of fused-ring (bicyclic) bond motifs is 1. The molecule has 3 aromatic carbocycles. The Kier molecular flexibility index (Phi) is 6.33. The summed E-state index contributed by atoms with van der Waals surface area (Å²) in [5.74, 6) is 0.316. The first-order chi connectivity index (χ1) is 17.0. The fourth-order valence-corrected chi connectivity index (χ4v) is 4.94. The number of carbonyl (C=O) groups is 2. The second-order valence-electron chi connectivity index (χ2n) is 8.65. The zero-order valence-corrected chi connectivity index (χ0v) is 20.3. The molecule has 0 spiro atoms. The van der Waals surface area contributed by atoms with Crippen molar-refractivity contribution in [2.24, 2.45) is 0 Å². The molecule has 1 aliphatic heterocycles. The number of ether oxygens (including phenoxy) is 1. The molecule has 1 N–H and O–H groups in total. The molecular weight excluding hydrogens is 458 g/mol. The highest BCUT2D eigenvalue weighted by Crippen LogP contribution is 2.37. The van der Waals surface area contributed by atoms with Crippen molar-refractivity contribution in [2.75, 3.05) is 23.4 Å². The zero-order valence-electron chi connectivity index (χ0n) is 19.5. The summed E-state index contributed by atoms with van der Waals surface area (Å²) in [4.78, 5) is 32.0. The number of anilines is 2. The predicted molar refractivity (Wildman–Crippen MR) is 140 cm³/mol. The van der Waals surface area contributed by atoms with Crippen molar-refractivity contribution in [3.8, 4) is 27.6 Å². The van der Waals surface area contributed by atoms with Gasteiger partial charge in [-0.3, -0.25) is 14.5 Å². The van der Waals surface area contributed by atoms with Crippen molar-refractivity contribution in [3.63, 3.8) is 0 Å². The quantitative estimate of drug-likeness (QED) is 0.367. The normalized spacial score (nSPS) is 12.9. The lowest BCUT2D eigenvalue weighted by Gasteiger charge is -2.29. The average molecular weight is 484 g/mol. The number of benzene rings is 3. The molecule has 0 atom stereocenters. The summed E-state index contributed by atoms with van der Waals surface area (Å²) < 4.78 is 5.64. The molecule has 1 aromatic heterocycles. The van der Waals surface area contributed by atoms with Crippen molar-refractivity contribution in [2.45, 2.75) is 19.8 Å². The van der Waals surface area contributed by atoms with E-state index in [-0.39, 0.29) is 30.9 Å². The Bertz CT molecular complexity index is 1380. The van der Waals surface area contributed by atoms with Gasteiger partial charge >= 0.3 is 0 Å². The molecule has 0 bridgehead atoms. The molecule has 6 nitrogen and oxygen atoms in total. The molecular formula is C28H25N3O3S. The highest BCUT2D eigenvalue weighted by Gasteiger charge is 2.28. The molecule has 0 radical (unpaired) electrons. The van der Waals surface area contributed by atoms with E-state index in [4.69, 9.17) is 9.72 Å². The van der Waals surface area contributed by atoms with Crippen LogP contribution in [0.1, 0.15) is 25.3 Å². The SMILES string of the molecule is CC(C)c1ccccc1NC(=O)CN1C(=O)COc2ccc(-c3csc(-c4ccccc4)n3)cc21. The smallest absolute Gasteiger partial charge is 0.265 e. The van der Waals surface area contributed by atoms with Crippen LogP contribution in [0.15, 0.2) is 78.2 Å². The van der Waals surface area contributed by atoms with Crippen LogP contribution in [-0.4, -0.2) is 29.9 Å². The first-order valence-electron chi connectivity index (χ1n) is 11.5. The minimum absolute atomic E-state index is 0.0998. The summed E-state index contributed by atoms with van der Waals surface area (Å²) in [6.45, 7) is 3.96. The van der Waals surface area contributed by atoms with E-state index in [2.05, 4.69) is 19.2 Å². The van der Waals surface area contributed by atoms with Crippen LogP contribution in [0, 0.1) is 0 Å². The number of rotatable bonds is 6. The van der Waals surface area contributed by atoms with Crippen molar-refractivity contribution >= 4 is 34.5 Å². The number of carbonyl (C=O) groups excluding carboxylic acids is 2. The summed E-state index contributed by atoms with van der Waals surface area (Å²) >= 11 is 1.56. The van der Waals surface area contributed by atoms with E-state index in [1.807, 2.05) is 78.2 Å². The lowest BCUT2D eigenvalue weighted by atomic mass is 10.0. The number of nitrogens with zero attached hydrogens (tertiary/aromatic N) is 2. The summed E-state index contributed by atoms with van der Waals surface area (Å²) in [6.07, 6.45) is 0. The van der Waals surface area contributed by atoms with Gasteiger partial charge in [0.2, 0.25) is 5.91 Å². The van der Waals surface area contributed by atoms with Crippen molar-refractivity contribution in [1.29, 1.82) is 0 Å². The molecule has 0 fully saturated rings. The Morgan fingerprint density at radius 3 is 2.63 bits per heavy atom. The van der Waals surface area contributed by atoms with Crippen LogP contribution in [0.2, 0.25) is 0 Å². The van der Waals surface area contributed by atoms with E-state index in [9.17, 15) is 9.59 Å². The molecule has 176 valence electrons. The zero-order chi connectivity index (χ0) is 24.4.